The van der Waals surface area contributed by atoms with Gasteiger partial charge in [0.05, 0.1) is 17.4 Å². The number of esters is 1. The topological polar surface area (TPSA) is 123 Å². The van der Waals surface area contributed by atoms with Gasteiger partial charge in [0.1, 0.15) is 12.1 Å². The molecule has 0 spiro atoms. The Hall–Kier alpha value is -2.82. The van der Waals surface area contributed by atoms with E-state index in [4.69, 9.17) is 4.74 Å². The molecule has 1 unspecified atom stereocenters. The van der Waals surface area contributed by atoms with E-state index in [0.717, 1.165) is 4.47 Å². The van der Waals surface area contributed by atoms with Crippen molar-refractivity contribution in [3.63, 3.8) is 0 Å². The third-order valence-electron chi connectivity index (χ3n) is 4.30. The van der Waals surface area contributed by atoms with Crippen molar-refractivity contribution < 1.29 is 14.5 Å². The number of aromatic nitrogens is 3. The molecule has 28 heavy (non-hydrogen) atoms. The summed E-state index contributed by atoms with van der Waals surface area (Å²) >= 11 is 3.29. The first-order valence-electron chi connectivity index (χ1n) is 8.79. The van der Waals surface area contributed by atoms with Gasteiger partial charge in [-0.25, -0.2) is 15.0 Å². The summed E-state index contributed by atoms with van der Waals surface area (Å²) in [7, 11) is 0. The zero-order valence-corrected chi connectivity index (χ0v) is 16.8. The third-order valence-corrected chi connectivity index (χ3v) is 4.77. The molecule has 2 aromatic rings. The largest absolute Gasteiger partial charge is 0.466 e. The molecule has 0 aromatic carbocycles. The monoisotopic (exact) mass is 450 g/mol. The third kappa shape index (κ3) is 4.53. The summed E-state index contributed by atoms with van der Waals surface area (Å²) in [5.41, 5.74) is -0.253. The molecule has 0 bridgehead atoms. The zero-order valence-electron chi connectivity index (χ0n) is 15.2. The number of nitro groups is 1. The second-order valence-corrected chi connectivity index (χ2v) is 7.09. The number of rotatable bonds is 6. The molecule has 148 valence electrons. The van der Waals surface area contributed by atoms with Gasteiger partial charge in [-0.1, -0.05) is 0 Å². The van der Waals surface area contributed by atoms with Crippen molar-refractivity contribution >= 4 is 45.0 Å². The lowest BCUT2D eigenvalue weighted by Crippen LogP contribution is -2.40. The quantitative estimate of drug-likeness (QED) is 0.401. The van der Waals surface area contributed by atoms with Gasteiger partial charge < -0.3 is 15.0 Å². The van der Waals surface area contributed by atoms with Crippen molar-refractivity contribution in [1.82, 2.24) is 15.0 Å². The van der Waals surface area contributed by atoms with Crippen LogP contribution >= 0.6 is 15.9 Å². The van der Waals surface area contributed by atoms with Gasteiger partial charge in [0.2, 0.25) is 11.6 Å². The van der Waals surface area contributed by atoms with Gasteiger partial charge in [-0.3, -0.25) is 14.9 Å². The molecule has 0 aliphatic carbocycles. The molecule has 11 heteroatoms. The fraction of sp³-hybridized carbons (Fsp3) is 0.412. The Morgan fingerprint density at radius 2 is 2.25 bits per heavy atom. The second-order valence-electron chi connectivity index (χ2n) is 6.18. The number of piperidine rings is 1. The molecule has 1 saturated heterocycles. The van der Waals surface area contributed by atoms with Crippen molar-refractivity contribution in [3.05, 3.63) is 39.2 Å². The number of pyridine rings is 1. The molecule has 1 fully saturated rings. The predicted molar refractivity (Wildman–Crippen MR) is 105 cm³/mol. The van der Waals surface area contributed by atoms with Gasteiger partial charge in [-0.2, -0.15) is 0 Å². The van der Waals surface area contributed by atoms with E-state index in [1.807, 2.05) is 0 Å². The average Bonchev–Trinajstić information content (AvgIpc) is 2.69. The molecule has 0 saturated carbocycles. The smallest absolute Gasteiger partial charge is 0.353 e. The van der Waals surface area contributed by atoms with Crippen LogP contribution in [-0.4, -0.2) is 45.5 Å². The second kappa shape index (κ2) is 8.91. The normalized spacial score (nSPS) is 16.5. The van der Waals surface area contributed by atoms with Crippen molar-refractivity contribution in [2.24, 2.45) is 5.92 Å². The number of nitrogens with zero attached hydrogens (tertiary/aromatic N) is 5. The van der Waals surface area contributed by atoms with Crippen LogP contribution in [0.15, 0.2) is 29.1 Å². The Morgan fingerprint density at radius 1 is 1.43 bits per heavy atom. The molecule has 1 aliphatic rings. The van der Waals surface area contributed by atoms with E-state index in [-0.39, 0.29) is 29.2 Å². The SMILES string of the molecule is CCOC(=O)C1CCCN(c2ncnc(Nc3ccc(Br)cn3)c2[N+](=O)[O-])C1. The Morgan fingerprint density at radius 3 is 2.93 bits per heavy atom. The van der Waals surface area contributed by atoms with Crippen LogP contribution in [0.3, 0.4) is 0 Å². The summed E-state index contributed by atoms with van der Waals surface area (Å²) in [5.74, 6) is 0.00447. The number of nitrogens with one attached hydrogen (secondary N) is 1. The van der Waals surface area contributed by atoms with Crippen LogP contribution in [0, 0.1) is 16.0 Å². The van der Waals surface area contributed by atoms with Gasteiger partial charge in [0.15, 0.2) is 0 Å². The van der Waals surface area contributed by atoms with Crippen LogP contribution in [-0.2, 0) is 9.53 Å². The fourth-order valence-electron chi connectivity index (χ4n) is 3.05. The number of ether oxygens (including phenoxy) is 1. The first-order chi connectivity index (χ1) is 13.5. The number of carbonyl (C=O) groups excluding carboxylic acids is 1. The Bertz CT molecular complexity index is 863. The number of hydrogen-bond acceptors (Lipinski definition) is 9. The number of hydrogen-bond donors (Lipinski definition) is 1. The zero-order chi connectivity index (χ0) is 20.1. The van der Waals surface area contributed by atoms with Crippen molar-refractivity contribution in [2.75, 3.05) is 29.9 Å². The molecule has 1 aliphatic heterocycles. The van der Waals surface area contributed by atoms with E-state index in [2.05, 4.69) is 36.2 Å². The Balaban J connectivity index is 1.89. The lowest BCUT2D eigenvalue weighted by Gasteiger charge is -2.32. The van der Waals surface area contributed by atoms with Crippen LogP contribution in [0.2, 0.25) is 0 Å². The fourth-order valence-corrected chi connectivity index (χ4v) is 3.29. The van der Waals surface area contributed by atoms with Crippen LogP contribution in [0.25, 0.3) is 0 Å². The molecule has 0 amide bonds. The highest BCUT2D eigenvalue weighted by atomic mass is 79.9. The molecule has 3 rings (SSSR count). The molecule has 1 atom stereocenters. The van der Waals surface area contributed by atoms with Crippen LogP contribution in [0.1, 0.15) is 19.8 Å². The molecular weight excluding hydrogens is 432 g/mol. The Kier molecular flexibility index (Phi) is 6.34. The maximum absolute atomic E-state index is 12.1. The molecule has 10 nitrogen and oxygen atoms in total. The summed E-state index contributed by atoms with van der Waals surface area (Å²) in [4.78, 5) is 37.4. The average molecular weight is 451 g/mol. The standard InChI is InChI=1S/C17H19BrN6O4/c1-2-28-17(25)11-4-3-7-23(9-11)16-14(24(26)27)15(20-10-21-16)22-13-6-5-12(18)8-19-13/h5-6,8,10-11H,2-4,7,9H2,1H3,(H,19,20,21,22). The number of halogens is 1. The van der Waals surface area contributed by atoms with E-state index in [9.17, 15) is 14.9 Å². The molecular formula is C17H19BrN6O4. The molecule has 3 heterocycles. The lowest BCUT2D eigenvalue weighted by atomic mass is 9.98. The number of carbonyl (C=O) groups is 1. The highest BCUT2D eigenvalue weighted by molar-refractivity contribution is 9.10. The maximum Gasteiger partial charge on any atom is 0.353 e. The lowest BCUT2D eigenvalue weighted by molar-refractivity contribution is -0.383. The summed E-state index contributed by atoms with van der Waals surface area (Å²) in [6, 6.07) is 3.44. The van der Waals surface area contributed by atoms with E-state index in [1.165, 1.54) is 6.33 Å². The molecule has 1 N–H and O–H groups in total. The summed E-state index contributed by atoms with van der Waals surface area (Å²) in [6.45, 7) is 2.93. The van der Waals surface area contributed by atoms with Gasteiger partial charge in [-0.15, -0.1) is 0 Å². The summed E-state index contributed by atoms with van der Waals surface area (Å²) in [6.07, 6.45) is 4.23. The first kappa shape index (κ1) is 19.9. The van der Waals surface area contributed by atoms with Crippen LogP contribution in [0.5, 0.6) is 0 Å². The van der Waals surface area contributed by atoms with E-state index >= 15 is 0 Å². The van der Waals surface area contributed by atoms with Crippen molar-refractivity contribution in [1.29, 1.82) is 0 Å². The highest BCUT2D eigenvalue weighted by Gasteiger charge is 2.33. The van der Waals surface area contributed by atoms with Gasteiger partial charge >= 0.3 is 11.7 Å². The van der Waals surface area contributed by atoms with E-state index in [0.29, 0.717) is 38.4 Å². The van der Waals surface area contributed by atoms with Crippen molar-refractivity contribution in [2.45, 2.75) is 19.8 Å². The number of anilines is 3. The van der Waals surface area contributed by atoms with Gasteiger partial charge in [0.25, 0.3) is 0 Å². The molecule has 0 radical (unpaired) electrons. The van der Waals surface area contributed by atoms with Gasteiger partial charge in [-0.05, 0) is 47.8 Å². The van der Waals surface area contributed by atoms with Crippen LogP contribution in [0.4, 0.5) is 23.1 Å². The summed E-state index contributed by atoms with van der Waals surface area (Å²) < 4.78 is 5.89. The first-order valence-corrected chi connectivity index (χ1v) is 9.58. The Labute approximate surface area is 169 Å². The van der Waals surface area contributed by atoms with Crippen LogP contribution < -0.4 is 10.2 Å². The van der Waals surface area contributed by atoms with Gasteiger partial charge in [0, 0.05) is 23.8 Å². The van der Waals surface area contributed by atoms with E-state index < -0.39 is 4.92 Å². The summed E-state index contributed by atoms with van der Waals surface area (Å²) in [5, 5.41) is 14.7. The van der Waals surface area contributed by atoms with Crippen molar-refractivity contribution in [3.8, 4) is 0 Å². The predicted octanol–water partition coefficient (Wildman–Crippen LogP) is 3.07. The minimum Gasteiger partial charge on any atom is -0.466 e. The molecule has 2 aromatic heterocycles. The minimum atomic E-state index is -0.523. The van der Waals surface area contributed by atoms with E-state index in [1.54, 1.807) is 30.2 Å². The minimum absolute atomic E-state index is 0.0445. The highest BCUT2D eigenvalue weighted by Crippen LogP contribution is 2.35. The maximum atomic E-state index is 12.1.